The summed E-state index contributed by atoms with van der Waals surface area (Å²) in [5, 5.41) is 6.19. The molecule has 0 bridgehead atoms. The van der Waals surface area contributed by atoms with Crippen molar-refractivity contribution in [3.05, 3.63) is 76.3 Å². The van der Waals surface area contributed by atoms with E-state index >= 15 is 0 Å². The van der Waals surface area contributed by atoms with Crippen molar-refractivity contribution in [2.45, 2.75) is 32.1 Å². The normalized spacial score (nSPS) is 13.6. The molecule has 2 aromatic carbocycles. The Labute approximate surface area is 164 Å². The second-order valence-electron chi connectivity index (χ2n) is 6.63. The fourth-order valence-corrected chi connectivity index (χ4v) is 3.28. The monoisotopic (exact) mass is 382 g/mol. The number of amides is 2. The summed E-state index contributed by atoms with van der Waals surface area (Å²) in [4.78, 5) is 24.6. The van der Waals surface area contributed by atoms with Crippen LogP contribution in [-0.2, 0) is 0 Å². The summed E-state index contributed by atoms with van der Waals surface area (Å²) < 4.78 is 0. The highest BCUT2D eigenvalue weighted by Gasteiger charge is 2.11. The number of nitrogens with one attached hydrogen (secondary N) is 2. The molecule has 0 fully saturated rings. The molecule has 4 nitrogen and oxygen atoms in total. The molecule has 0 aromatic heterocycles. The number of allylic oxidation sites excluding steroid dienone is 1. The lowest BCUT2D eigenvalue weighted by Crippen LogP contribution is -2.25. The summed E-state index contributed by atoms with van der Waals surface area (Å²) >= 11 is 6.06. The Morgan fingerprint density at radius 1 is 0.926 bits per heavy atom. The van der Waals surface area contributed by atoms with Crippen molar-refractivity contribution in [2.75, 3.05) is 11.9 Å². The van der Waals surface area contributed by atoms with Crippen LogP contribution in [0.4, 0.5) is 5.69 Å². The van der Waals surface area contributed by atoms with Crippen LogP contribution in [0.5, 0.6) is 0 Å². The minimum Gasteiger partial charge on any atom is -0.352 e. The fraction of sp³-hybridized carbons (Fsp3) is 0.273. The quantitative estimate of drug-likeness (QED) is 0.673. The van der Waals surface area contributed by atoms with Crippen molar-refractivity contribution in [1.29, 1.82) is 0 Å². The number of hydrogen-bond donors (Lipinski definition) is 2. The van der Waals surface area contributed by atoms with Crippen molar-refractivity contribution in [1.82, 2.24) is 5.32 Å². The van der Waals surface area contributed by atoms with Gasteiger partial charge < -0.3 is 10.6 Å². The molecule has 0 radical (unpaired) electrons. The molecule has 2 N–H and O–H groups in total. The standard InChI is InChI=1S/C22H23ClN2O2/c23-19-8-4-5-9-20(19)25-22(27)18-12-10-17(11-13-18)21(26)24-15-14-16-6-2-1-3-7-16/h4-6,8-13H,1-3,7,14-15H2,(H,24,26)(H,25,27). The molecule has 1 aliphatic rings. The van der Waals surface area contributed by atoms with E-state index in [1.807, 2.05) is 0 Å². The highest BCUT2D eigenvalue weighted by molar-refractivity contribution is 6.33. The third-order valence-electron chi connectivity index (χ3n) is 4.65. The molecular weight excluding hydrogens is 360 g/mol. The molecule has 0 atom stereocenters. The van der Waals surface area contributed by atoms with Gasteiger partial charge in [-0.2, -0.15) is 0 Å². The van der Waals surface area contributed by atoms with E-state index < -0.39 is 0 Å². The zero-order valence-corrected chi connectivity index (χ0v) is 15.9. The van der Waals surface area contributed by atoms with Crippen LogP contribution in [0.25, 0.3) is 0 Å². The van der Waals surface area contributed by atoms with Crippen molar-refractivity contribution >= 4 is 29.1 Å². The van der Waals surface area contributed by atoms with Gasteiger partial charge in [-0.05, 0) is 68.5 Å². The van der Waals surface area contributed by atoms with Gasteiger partial charge in [0.2, 0.25) is 0 Å². The third-order valence-corrected chi connectivity index (χ3v) is 4.98. The number of carbonyl (C=O) groups excluding carboxylic acids is 2. The van der Waals surface area contributed by atoms with Gasteiger partial charge in [0.05, 0.1) is 10.7 Å². The van der Waals surface area contributed by atoms with E-state index in [2.05, 4.69) is 16.7 Å². The van der Waals surface area contributed by atoms with Crippen LogP contribution in [0.1, 0.15) is 52.8 Å². The Morgan fingerprint density at radius 2 is 1.63 bits per heavy atom. The summed E-state index contributed by atoms with van der Waals surface area (Å²) in [6.07, 6.45) is 8.02. The molecule has 0 aliphatic heterocycles. The number of anilines is 1. The SMILES string of the molecule is O=C(NCCC1=CCCCC1)c1ccc(C(=O)Nc2ccccc2Cl)cc1. The molecular formula is C22H23ClN2O2. The first kappa shape index (κ1) is 19.2. The molecule has 0 saturated carbocycles. The Hall–Kier alpha value is -2.59. The van der Waals surface area contributed by atoms with E-state index in [4.69, 9.17) is 11.6 Å². The third kappa shape index (κ3) is 5.44. The van der Waals surface area contributed by atoms with E-state index in [0.717, 1.165) is 19.3 Å². The van der Waals surface area contributed by atoms with Gasteiger partial charge in [-0.1, -0.05) is 35.4 Å². The van der Waals surface area contributed by atoms with Crippen molar-refractivity contribution in [3.63, 3.8) is 0 Å². The van der Waals surface area contributed by atoms with E-state index in [-0.39, 0.29) is 11.8 Å². The van der Waals surface area contributed by atoms with Crippen LogP contribution >= 0.6 is 11.6 Å². The first-order chi connectivity index (χ1) is 13.1. The molecule has 3 rings (SSSR count). The molecule has 140 valence electrons. The van der Waals surface area contributed by atoms with Crippen molar-refractivity contribution in [2.24, 2.45) is 0 Å². The van der Waals surface area contributed by atoms with Gasteiger partial charge in [0, 0.05) is 17.7 Å². The average Bonchev–Trinajstić information content (AvgIpc) is 2.70. The maximum atomic E-state index is 12.3. The second-order valence-corrected chi connectivity index (χ2v) is 7.03. The van der Waals surface area contributed by atoms with Gasteiger partial charge in [0.1, 0.15) is 0 Å². The zero-order valence-electron chi connectivity index (χ0n) is 15.1. The van der Waals surface area contributed by atoms with E-state index in [9.17, 15) is 9.59 Å². The molecule has 2 amide bonds. The van der Waals surface area contributed by atoms with Gasteiger partial charge in [-0.25, -0.2) is 0 Å². The van der Waals surface area contributed by atoms with Crippen LogP contribution in [0, 0.1) is 0 Å². The van der Waals surface area contributed by atoms with Crippen LogP contribution in [0.3, 0.4) is 0 Å². The molecule has 1 aliphatic carbocycles. The molecule has 0 saturated heterocycles. The maximum Gasteiger partial charge on any atom is 0.255 e. The summed E-state index contributed by atoms with van der Waals surface area (Å²) in [5.74, 6) is -0.385. The number of hydrogen-bond acceptors (Lipinski definition) is 2. The van der Waals surface area contributed by atoms with Gasteiger partial charge in [0.25, 0.3) is 11.8 Å². The molecule has 0 unspecified atom stereocenters. The number of halogens is 1. The zero-order chi connectivity index (χ0) is 19.1. The Balaban J connectivity index is 1.53. The highest BCUT2D eigenvalue weighted by Crippen LogP contribution is 2.21. The van der Waals surface area contributed by atoms with Gasteiger partial charge in [0.15, 0.2) is 0 Å². The lowest BCUT2D eigenvalue weighted by atomic mass is 9.97. The Morgan fingerprint density at radius 3 is 2.30 bits per heavy atom. The molecule has 27 heavy (non-hydrogen) atoms. The molecule has 0 heterocycles. The largest absolute Gasteiger partial charge is 0.352 e. The molecule has 0 spiro atoms. The summed E-state index contributed by atoms with van der Waals surface area (Å²) in [7, 11) is 0. The van der Waals surface area contributed by atoms with Crippen molar-refractivity contribution in [3.8, 4) is 0 Å². The smallest absolute Gasteiger partial charge is 0.255 e. The average molecular weight is 383 g/mol. The van der Waals surface area contributed by atoms with Crippen LogP contribution in [0.2, 0.25) is 5.02 Å². The molecule has 5 heteroatoms. The number of rotatable bonds is 6. The van der Waals surface area contributed by atoms with Gasteiger partial charge in [-0.15, -0.1) is 0 Å². The summed E-state index contributed by atoms with van der Waals surface area (Å²) in [6, 6.07) is 13.7. The number of carbonyl (C=O) groups is 2. The van der Waals surface area contributed by atoms with E-state index in [1.54, 1.807) is 48.5 Å². The summed E-state index contributed by atoms with van der Waals surface area (Å²) in [6.45, 7) is 0.638. The first-order valence-corrected chi connectivity index (χ1v) is 9.63. The fourth-order valence-electron chi connectivity index (χ4n) is 3.10. The van der Waals surface area contributed by atoms with Gasteiger partial charge >= 0.3 is 0 Å². The predicted octanol–water partition coefficient (Wildman–Crippen LogP) is 5.21. The number of benzene rings is 2. The number of para-hydroxylation sites is 1. The minimum absolute atomic E-state index is 0.121. The lowest BCUT2D eigenvalue weighted by Gasteiger charge is -2.13. The maximum absolute atomic E-state index is 12.3. The van der Waals surface area contributed by atoms with Crippen LogP contribution < -0.4 is 10.6 Å². The Kier molecular flexibility index (Phi) is 6.66. The predicted molar refractivity (Wildman–Crippen MR) is 109 cm³/mol. The van der Waals surface area contributed by atoms with E-state index in [0.29, 0.717) is 28.4 Å². The highest BCUT2D eigenvalue weighted by atomic mass is 35.5. The minimum atomic E-state index is -0.265. The van der Waals surface area contributed by atoms with Crippen molar-refractivity contribution < 1.29 is 9.59 Å². The molecule has 2 aromatic rings. The first-order valence-electron chi connectivity index (χ1n) is 9.25. The Bertz CT molecular complexity index is 844. The van der Waals surface area contributed by atoms with Crippen LogP contribution in [0.15, 0.2) is 60.2 Å². The van der Waals surface area contributed by atoms with Gasteiger partial charge in [-0.3, -0.25) is 9.59 Å². The second kappa shape index (κ2) is 9.38. The summed E-state index contributed by atoms with van der Waals surface area (Å²) in [5.41, 5.74) is 3.01. The lowest BCUT2D eigenvalue weighted by molar-refractivity contribution is 0.0952. The van der Waals surface area contributed by atoms with E-state index in [1.165, 1.54) is 18.4 Å². The van der Waals surface area contributed by atoms with Crippen LogP contribution in [-0.4, -0.2) is 18.4 Å². The topological polar surface area (TPSA) is 58.2 Å².